The zero-order valence-electron chi connectivity index (χ0n) is 10.6. The molecule has 0 saturated carbocycles. The molecular formula is C12H12N2O6. The number of amides is 1. The zero-order chi connectivity index (χ0) is 14.9. The highest BCUT2D eigenvalue weighted by molar-refractivity contribution is 6.04. The van der Waals surface area contributed by atoms with Gasteiger partial charge >= 0.3 is 5.97 Å². The number of nitro groups is 1. The van der Waals surface area contributed by atoms with E-state index >= 15 is 0 Å². The molecule has 106 valence electrons. The Morgan fingerprint density at radius 2 is 2.25 bits per heavy atom. The Bertz CT molecular complexity index is 585. The minimum Gasteiger partial charge on any atom is -0.465 e. The Morgan fingerprint density at radius 1 is 1.55 bits per heavy atom. The number of benzene rings is 1. The van der Waals surface area contributed by atoms with E-state index in [9.17, 15) is 24.8 Å². The molecule has 1 aromatic carbocycles. The standard InChI is InChI=1S/C12H12N2O6/c1-20-12(17)9-4-7(14(18)19)2-3-10(9)13-6-8(15)5-11(13)16/h2-4,8,15H,5-6H2,1H3. The van der Waals surface area contributed by atoms with E-state index in [1.54, 1.807) is 0 Å². The van der Waals surface area contributed by atoms with E-state index in [0.717, 1.165) is 13.2 Å². The Morgan fingerprint density at radius 3 is 2.75 bits per heavy atom. The lowest BCUT2D eigenvalue weighted by atomic mass is 10.1. The maximum Gasteiger partial charge on any atom is 0.340 e. The molecule has 1 saturated heterocycles. The van der Waals surface area contributed by atoms with Gasteiger partial charge in [0, 0.05) is 12.1 Å². The predicted molar refractivity (Wildman–Crippen MR) is 67.4 cm³/mol. The van der Waals surface area contributed by atoms with E-state index in [2.05, 4.69) is 4.74 Å². The summed E-state index contributed by atoms with van der Waals surface area (Å²) in [4.78, 5) is 34.8. The van der Waals surface area contributed by atoms with E-state index in [1.807, 2.05) is 0 Å². The van der Waals surface area contributed by atoms with Crippen LogP contribution in [0.4, 0.5) is 11.4 Å². The van der Waals surface area contributed by atoms with Gasteiger partial charge in [-0.1, -0.05) is 0 Å². The minimum absolute atomic E-state index is 0.0423. The predicted octanol–water partition coefficient (Wildman–Crippen LogP) is 0.479. The molecule has 8 heteroatoms. The van der Waals surface area contributed by atoms with Crippen LogP contribution in [0.1, 0.15) is 16.8 Å². The molecule has 0 spiro atoms. The van der Waals surface area contributed by atoms with Gasteiger partial charge in [-0.05, 0) is 6.07 Å². The smallest absolute Gasteiger partial charge is 0.340 e. The maximum absolute atomic E-state index is 11.7. The highest BCUT2D eigenvalue weighted by atomic mass is 16.6. The fourth-order valence-electron chi connectivity index (χ4n) is 2.07. The highest BCUT2D eigenvalue weighted by Crippen LogP contribution is 2.29. The third-order valence-corrected chi connectivity index (χ3v) is 2.99. The Balaban J connectivity index is 2.49. The third kappa shape index (κ3) is 2.45. The van der Waals surface area contributed by atoms with Crippen LogP contribution in [-0.2, 0) is 9.53 Å². The lowest BCUT2D eigenvalue weighted by molar-refractivity contribution is -0.384. The number of carbonyl (C=O) groups is 2. The molecule has 1 aliphatic rings. The number of aliphatic hydroxyl groups excluding tert-OH is 1. The van der Waals surface area contributed by atoms with E-state index in [1.165, 1.54) is 17.0 Å². The molecular weight excluding hydrogens is 268 g/mol. The van der Waals surface area contributed by atoms with Crippen LogP contribution in [0.15, 0.2) is 18.2 Å². The topological polar surface area (TPSA) is 110 Å². The number of rotatable bonds is 3. The normalized spacial score (nSPS) is 18.2. The number of aliphatic hydroxyl groups is 1. The molecule has 1 amide bonds. The number of hydrogen-bond donors (Lipinski definition) is 1. The largest absolute Gasteiger partial charge is 0.465 e. The van der Waals surface area contributed by atoms with Crippen molar-refractivity contribution >= 4 is 23.3 Å². The fourth-order valence-corrected chi connectivity index (χ4v) is 2.07. The number of non-ortho nitro benzene ring substituents is 1. The number of methoxy groups -OCH3 is 1. The van der Waals surface area contributed by atoms with Gasteiger partial charge < -0.3 is 14.7 Å². The first kappa shape index (κ1) is 13.9. The molecule has 0 bridgehead atoms. The van der Waals surface area contributed by atoms with Crippen molar-refractivity contribution in [2.75, 3.05) is 18.6 Å². The fraction of sp³-hybridized carbons (Fsp3) is 0.333. The summed E-state index contributed by atoms with van der Waals surface area (Å²) < 4.78 is 4.57. The van der Waals surface area contributed by atoms with E-state index in [0.29, 0.717) is 0 Å². The zero-order valence-corrected chi connectivity index (χ0v) is 10.6. The van der Waals surface area contributed by atoms with Crippen LogP contribution in [0.5, 0.6) is 0 Å². The molecule has 8 nitrogen and oxygen atoms in total. The molecule has 2 rings (SSSR count). The van der Waals surface area contributed by atoms with Gasteiger partial charge in [-0.15, -0.1) is 0 Å². The number of carbonyl (C=O) groups excluding carboxylic acids is 2. The van der Waals surface area contributed by atoms with Gasteiger partial charge in [0.25, 0.3) is 5.69 Å². The van der Waals surface area contributed by atoms with Crippen molar-refractivity contribution in [3.05, 3.63) is 33.9 Å². The first-order valence-corrected chi connectivity index (χ1v) is 5.79. The molecule has 1 heterocycles. The molecule has 1 fully saturated rings. The first-order valence-electron chi connectivity index (χ1n) is 5.79. The second kappa shape index (κ2) is 5.25. The lowest BCUT2D eigenvalue weighted by Gasteiger charge is -2.18. The highest BCUT2D eigenvalue weighted by Gasteiger charge is 2.32. The average Bonchev–Trinajstić information content (AvgIpc) is 2.75. The van der Waals surface area contributed by atoms with Crippen molar-refractivity contribution in [2.45, 2.75) is 12.5 Å². The molecule has 1 atom stereocenters. The number of β-amino-alcohol motifs (C(OH)–C–C–N with tert-alkyl or cyclic N) is 1. The number of ether oxygens (including phenoxy) is 1. The van der Waals surface area contributed by atoms with Crippen molar-refractivity contribution in [3.8, 4) is 0 Å². The van der Waals surface area contributed by atoms with E-state index < -0.39 is 17.0 Å². The van der Waals surface area contributed by atoms with Crippen molar-refractivity contribution in [1.29, 1.82) is 0 Å². The molecule has 0 aliphatic carbocycles. The first-order chi connectivity index (χ1) is 9.43. The van der Waals surface area contributed by atoms with Crippen molar-refractivity contribution in [3.63, 3.8) is 0 Å². The van der Waals surface area contributed by atoms with Crippen LogP contribution in [0.2, 0.25) is 0 Å². The average molecular weight is 280 g/mol. The molecule has 1 unspecified atom stereocenters. The van der Waals surface area contributed by atoms with Gasteiger partial charge in [0.15, 0.2) is 0 Å². The molecule has 1 aromatic rings. The Kier molecular flexibility index (Phi) is 3.66. The van der Waals surface area contributed by atoms with Gasteiger partial charge in [0.05, 0.1) is 42.4 Å². The summed E-state index contributed by atoms with van der Waals surface area (Å²) >= 11 is 0. The van der Waals surface area contributed by atoms with Crippen LogP contribution < -0.4 is 4.90 Å². The summed E-state index contributed by atoms with van der Waals surface area (Å²) in [5, 5.41) is 20.2. The van der Waals surface area contributed by atoms with Gasteiger partial charge in [0.1, 0.15) is 0 Å². The SMILES string of the molecule is COC(=O)c1cc([N+](=O)[O-])ccc1N1CC(O)CC1=O. The number of esters is 1. The van der Waals surface area contributed by atoms with Gasteiger partial charge in [0.2, 0.25) is 5.91 Å². The summed E-state index contributed by atoms with van der Waals surface area (Å²) in [7, 11) is 1.14. The number of hydrogen-bond acceptors (Lipinski definition) is 6. The quantitative estimate of drug-likeness (QED) is 0.490. The third-order valence-electron chi connectivity index (χ3n) is 2.99. The monoisotopic (exact) mass is 280 g/mol. The van der Waals surface area contributed by atoms with Crippen LogP contribution in [0.3, 0.4) is 0 Å². The summed E-state index contributed by atoms with van der Waals surface area (Å²) in [6.45, 7) is 0.0423. The molecule has 0 aromatic heterocycles. The second-order valence-electron chi connectivity index (χ2n) is 4.31. The van der Waals surface area contributed by atoms with Crippen LogP contribution in [0, 0.1) is 10.1 Å². The van der Waals surface area contributed by atoms with E-state index in [4.69, 9.17) is 0 Å². The molecule has 20 heavy (non-hydrogen) atoms. The van der Waals surface area contributed by atoms with Gasteiger partial charge in [-0.2, -0.15) is 0 Å². The van der Waals surface area contributed by atoms with Crippen molar-refractivity contribution < 1.29 is 24.4 Å². The Labute approximate surface area is 113 Å². The van der Waals surface area contributed by atoms with Gasteiger partial charge in [-0.25, -0.2) is 4.79 Å². The Hall–Kier alpha value is -2.48. The summed E-state index contributed by atoms with van der Waals surface area (Å²) in [6.07, 6.45) is -0.861. The van der Waals surface area contributed by atoms with E-state index in [-0.39, 0.29) is 35.8 Å². The number of nitrogens with zero attached hydrogens (tertiary/aromatic N) is 2. The number of nitro benzene ring substituents is 1. The van der Waals surface area contributed by atoms with Crippen molar-refractivity contribution in [1.82, 2.24) is 0 Å². The van der Waals surface area contributed by atoms with Crippen LogP contribution in [0.25, 0.3) is 0 Å². The van der Waals surface area contributed by atoms with Crippen molar-refractivity contribution in [2.24, 2.45) is 0 Å². The van der Waals surface area contributed by atoms with Crippen LogP contribution >= 0.6 is 0 Å². The van der Waals surface area contributed by atoms with Gasteiger partial charge in [-0.3, -0.25) is 14.9 Å². The summed E-state index contributed by atoms with van der Waals surface area (Å²) in [6, 6.07) is 3.55. The molecule has 1 N–H and O–H groups in total. The number of anilines is 1. The summed E-state index contributed by atoms with van der Waals surface area (Å²) in [5.41, 5.74) is -0.158. The van der Waals surface area contributed by atoms with Crippen LogP contribution in [-0.4, -0.2) is 41.7 Å². The lowest BCUT2D eigenvalue weighted by Crippen LogP contribution is -2.27. The molecule has 1 aliphatic heterocycles. The minimum atomic E-state index is -0.816. The molecule has 0 radical (unpaired) electrons. The second-order valence-corrected chi connectivity index (χ2v) is 4.31. The maximum atomic E-state index is 11.7. The summed E-state index contributed by atoms with van der Waals surface area (Å²) in [5.74, 6) is -1.13.